The third kappa shape index (κ3) is 2.12. The highest BCUT2D eigenvalue weighted by atomic mass is 79.9. The highest BCUT2D eigenvalue weighted by Gasteiger charge is 2.26. The first-order valence-electron chi connectivity index (χ1n) is 3.69. The maximum absolute atomic E-state index is 13.0. The minimum atomic E-state index is -0.887. The summed E-state index contributed by atoms with van der Waals surface area (Å²) in [5, 5.41) is 10.6. The van der Waals surface area contributed by atoms with Gasteiger partial charge in [-0.15, -0.1) is 0 Å². The molecule has 80 valence electrons. The number of nitrogens with zero attached hydrogens (tertiary/aromatic N) is 1. The zero-order valence-corrected chi connectivity index (χ0v) is 9.08. The van der Waals surface area contributed by atoms with E-state index in [4.69, 9.17) is 0 Å². The number of esters is 1. The molecule has 7 heteroatoms. The van der Waals surface area contributed by atoms with Crippen molar-refractivity contribution in [2.45, 2.75) is 0 Å². The predicted octanol–water partition coefficient (Wildman–Crippen LogP) is 2.28. The van der Waals surface area contributed by atoms with Crippen molar-refractivity contribution in [1.29, 1.82) is 0 Å². The van der Waals surface area contributed by atoms with Crippen LogP contribution in [0.5, 0.6) is 0 Å². The molecule has 0 radical (unpaired) electrons. The fourth-order valence-electron chi connectivity index (χ4n) is 0.993. The Kier molecular flexibility index (Phi) is 3.35. The molecule has 0 atom stereocenters. The second-order valence-corrected chi connectivity index (χ2v) is 3.30. The van der Waals surface area contributed by atoms with E-state index in [0.717, 1.165) is 19.2 Å². The van der Waals surface area contributed by atoms with Crippen LogP contribution in [-0.4, -0.2) is 18.0 Å². The summed E-state index contributed by atoms with van der Waals surface area (Å²) >= 11 is 2.70. The number of carbonyl (C=O) groups excluding carboxylic acids is 1. The molecule has 1 aromatic rings. The van der Waals surface area contributed by atoms with Crippen LogP contribution in [-0.2, 0) is 4.74 Å². The Morgan fingerprint density at radius 2 is 2.20 bits per heavy atom. The minimum absolute atomic E-state index is 0.296. The van der Waals surface area contributed by atoms with E-state index in [0.29, 0.717) is 0 Å². The molecule has 0 aromatic heterocycles. The fraction of sp³-hybridized carbons (Fsp3) is 0.125. The van der Waals surface area contributed by atoms with Gasteiger partial charge in [-0.25, -0.2) is 9.18 Å². The predicted molar refractivity (Wildman–Crippen MR) is 52.1 cm³/mol. The second-order valence-electron chi connectivity index (χ2n) is 2.51. The van der Waals surface area contributed by atoms with Crippen molar-refractivity contribution in [2.75, 3.05) is 7.11 Å². The highest BCUT2D eigenvalue weighted by Crippen LogP contribution is 2.31. The molecular weight excluding hydrogens is 273 g/mol. The van der Waals surface area contributed by atoms with Gasteiger partial charge in [0.15, 0.2) is 0 Å². The number of hydrogen-bond donors (Lipinski definition) is 0. The third-order valence-electron chi connectivity index (χ3n) is 1.66. The Balaban J connectivity index is 3.46. The van der Waals surface area contributed by atoms with E-state index in [2.05, 4.69) is 20.7 Å². The molecule has 0 heterocycles. The molecule has 0 aliphatic heterocycles. The van der Waals surface area contributed by atoms with Gasteiger partial charge < -0.3 is 4.74 Å². The van der Waals surface area contributed by atoms with Gasteiger partial charge in [-0.2, -0.15) is 0 Å². The van der Waals surface area contributed by atoms with E-state index in [1.54, 1.807) is 0 Å². The summed E-state index contributed by atoms with van der Waals surface area (Å²) in [5.74, 6) is -1.70. The van der Waals surface area contributed by atoms with E-state index in [1.165, 1.54) is 0 Å². The summed E-state index contributed by atoms with van der Waals surface area (Å²) in [7, 11) is 1.09. The Labute approximate surface area is 92.1 Å². The molecule has 0 saturated heterocycles. The molecule has 1 rings (SSSR count). The van der Waals surface area contributed by atoms with E-state index in [9.17, 15) is 19.3 Å². The Bertz CT molecular complexity index is 435. The van der Waals surface area contributed by atoms with Crippen molar-refractivity contribution in [2.24, 2.45) is 0 Å². The molecule has 0 unspecified atom stereocenters. The highest BCUT2D eigenvalue weighted by molar-refractivity contribution is 9.10. The quantitative estimate of drug-likeness (QED) is 0.472. The first-order valence-corrected chi connectivity index (χ1v) is 4.49. The van der Waals surface area contributed by atoms with Gasteiger partial charge in [-0.1, -0.05) is 0 Å². The molecule has 0 aliphatic carbocycles. The molecule has 0 spiro atoms. The topological polar surface area (TPSA) is 69.4 Å². The first-order chi connectivity index (χ1) is 6.99. The first kappa shape index (κ1) is 11.6. The average molecular weight is 278 g/mol. The normalized spacial score (nSPS) is 9.80. The van der Waals surface area contributed by atoms with E-state index in [1.807, 2.05) is 0 Å². The molecule has 0 bridgehead atoms. The summed E-state index contributed by atoms with van der Waals surface area (Å²) < 4.78 is 17.0. The lowest BCUT2D eigenvalue weighted by atomic mass is 10.2. The molecular formula is C8H5BrFNO4. The van der Waals surface area contributed by atoms with Gasteiger partial charge in [-0.3, -0.25) is 10.1 Å². The van der Waals surface area contributed by atoms with Gasteiger partial charge in [0.25, 0.3) is 0 Å². The zero-order chi connectivity index (χ0) is 11.6. The molecule has 0 N–H and O–H groups in total. The van der Waals surface area contributed by atoms with Gasteiger partial charge in [0.05, 0.1) is 12.0 Å². The van der Waals surface area contributed by atoms with E-state index in [-0.39, 0.29) is 10.0 Å². The van der Waals surface area contributed by atoms with Crippen LogP contribution in [0.1, 0.15) is 10.4 Å². The van der Waals surface area contributed by atoms with Crippen LogP contribution in [0.2, 0.25) is 0 Å². The number of methoxy groups -OCH3 is 1. The number of nitro benzene ring substituents is 1. The molecule has 0 saturated carbocycles. The number of carbonyl (C=O) groups is 1. The minimum Gasteiger partial charge on any atom is -0.465 e. The molecule has 0 aliphatic rings. The van der Waals surface area contributed by atoms with Gasteiger partial charge in [0, 0.05) is 0 Å². The molecule has 0 fully saturated rings. The summed E-state index contributed by atoms with van der Waals surface area (Å²) in [4.78, 5) is 20.9. The average Bonchev–Trinajstić information content (AvgIpc) is 2.20. The van der Waals surface area contributed by atoms with Crippen molar-refractivity contribution >= 4 is 27.6 Å². The van der Waals surface area contributed by atoms with Crippen LogP contribution >= 0.6 is 15.9 Å². The SMILES string of the molecule is COC(=O)c1ccc(F)c(Br)c1[N+](=O)[O-]. The van der Waals surface area contributed by atoms with Gasteiger partial charge in [0.2, 0.25) is 0 Å². The smallest absolute Gasteiger partial charge is 0.344 e. The van der Waals surface area contributed by atoms with E-state index < -0.39 is 22.4 Å². The van der Waals surface area contributed by atoms with Crippen molar-refractivity contribution < 1.29 is 18.8 Å². The Morgan fingerprint density at radius 3 is 2.67 bits per heavy atom. The maximum atomic E-state index is 13.0. The van der Waals surface area contributed by atoms with Crippen LogP contribution < -0.4 is 0 Å². The molecule has 0 amide bonds. The Hall–Kier alpha value is -1.50. The van der Waals surface area contributed by atoms with E-state index >= 15 is 0 Å². The number of benzene rings is 1. The standard InChI is InChI=1S/C8H5BrFNO4/c1-15-8(12)4-2-3-5(10)6(9)7(4)11(13)14/h2-3H,1H3. The number of rotatable bonds is 2. The lowest BCUT2D eigenvalue weighted by Gasteiger charge is -2.03. The summed E-state index contributed by atoms with van der Waals surface area (Å²) in [5.41, 5.74) is -0.933. The largest absolute Gasteiger partial charge is 0.465 e. The maximum Gasteiger partial charge on any atom is 0.344 e. The third-order valence-corrected chi connectivity index (χ3v) is 2.41. The van der Waals surface area contributed by atoms with Crippen LogP contribution in [0.25, 0.3) is 0 Å². The monoisotopic (exact) mass is 277 g/mol. The van der Waals surface area contributed by atoms with Crippen LogP contribution in [0.3, 0.4) is 0 Å². The molecule has 5 nitrogen and oxygen atoms in total. The summed E-state index contributed by atoms with van der Waals surface area (Å²) in [6.07, 6.45) is 0. The number of halogens is 2. The van der Waals surface area contributed by atoms with Gasteiger partial charge in [0.1, 0.15) is 15.9 Å². The molecule has 1 aromatic carbocycles. The lowest BCUT2D eigenvalue weighted by Crippen LogP contribution is -2.06. The van der Waals surface area contributed by atoms with Crippen LogP contribution in [0, 0.1) is 15.9 Å². The molecule has 15 heavy (non-hydrogen) atoms. The van der Waals surface area contributed by atoms with Crippen LogP contribution in [0.4, 0.5) is 10.1 Å². The second kappa shape index (κ2) is 4.35. The summed E-state index contributed by atoms with van der Waals surface area (Å²) in [6, 6.07) is 1.95. The van der Waals surface area contributed by atoms with Gasteiger partial charge in [-0.05, 0) is 28.1 Å². The van der Waals surface area contributed by atoms with Crippen LogP contribution in [0.15, 0.2) is 16.6 Å². The van der Waals surface area contributed by atoms with Gasteiger partial charge >= 0.3 is 11.7 Å². The van der Waals surface area contributed by atoms with Crippen molar-refractivity contribution in [3.05, 3.63) is 38.1 Å². The fourth-order valence-corrected chi connectivity index (χ4v) is 1.48. The van der Waals surface area contributed by atoms with Crippen molar-refractivity contribution in [3.8, 4) is 0 Å². The Morgan fingerprint density at radius 1 is 1.60 bits per heavy atom. The van der Waals surface area contributed by atoms with Crippen molar-refractivity contribution in [1.82, 2.24) is 0 Å². The lowest BCUT2D eigenvalue weighted by molar-refractivity contribution is -0.386. The number of ether oxygens (including phenoxy) is 1. The zero-order valence-electron chi connectivity index (χ0n) is 7.49. The van der Waals surface area contributed by atoms with Crippen molar-refractivity contribution in [3.63, 3.8) is 0 Å². The number of hydrogen-bond acceptors (Lipinski definition) is 4. The summed E-state index contributed by atoms with van der Waals surface area (Å²) in [6.45, 7) is 0. The number of nitro groups is 1.